The fourth-order valence-electron chi connectivity index (χ4n) is 5.01. The van der Waals surface area contributed by atoms with E-state index in [-0.39, 0.29) is 13.2 Å². The van der Waals surface area contributed by atoms with Gasteiger partial charge in [0, 0.05) is 11.1 Å². The highest BCUT2D eigenvalue weighted by Crippen LogP contribution is 2.41. The Balaban J connectivity index is 1.23. The number of carbonyl (C=O) groups excluding carboxylic acids is 2. The average Bonchev–Trinajstić information content (AvgIpc) is 3.68. The molecule has 0 N–H and O–H groups in total. The van der Waals surface area contributed by atoms with Crippen molar-refractivity contribution in [2.45, 2.75) is 37.0 Å². The molecule has 0 spiro atoms. The van der Waals surface area contributed by atoms with Crippen LogP contribution in [0.25, 0.3) is 0 Å². The summed E-state index contributed by atoms with van der Waals surface area (Å²) in [6, 6.07) is 36.5. The van der Waals surface area contributed by atoms with Crippen LogP contribution in [-0.4, -0.2) is 49.6 Å². The maximum atomic E-state index is 12.8. The molecule has 4 aromatic rings. The van der Waals surface area contributed by atoms with Crippen molar-refractivity contribution in [1.82, 2.24) is 0 Å². The maximum Gasteiger partial charge on any atom is 0.338 e. The lowest BCUT2D eigenvalue weighted by molar-refractivity contribution is -0.107. The molecule has 0 aromatic heterocycles. The minimum absolute atomic E-state index is 0.0753. The highest BCUT2D eigenvalue weighted by molar-refractivity contribution is 5.89. The second-order valence-corrected chi connectivity index (χ2v) is 9.96. The predicted molar refractivity (Wildman–Crippen MR) is 151 cm³/mol. The molecule has 0 bridgehead atoms. The Kier molecular flexibility index (Phi) is 8.67. The summed E-state index contributed by atoms with van der Waals surface area (Å²) >= 11 is 0. The number of hydrogen-bond acceptors (Lipinski definition) is 8. The van der Waals surface area contributed by atoms with Crippen LogP contribution >= 0.6 is 0 Å². The van der Waals surface area contributed by atoms with Crippen molar-refractivity contribution in [1.29, 1.82) is 0 Å². The normalized spacial score (nSPS) is 25.1. The summed E-state index contributed by atoms with van der Waals surface area (Å²) in [6.45, 7) is -0.151. The first-order valence-electron chi connectivity index (χ1n) is 13.8. The first-order valence-corrected chi connectivity index (χ1v) is 13.8. The molecule has 2 saturated heterocycles. The molecule has 2 aliphatic rings. The monoisotopic (exact) mass is 566 g/mol. The third-order valence-electron chi connectivity index (χ3n) is 7.13. The molecule has 2 heterocycles. The second kappa shape index (κ2) is 13.1. The van der Waals surface area contributed by atoms with Crippen molar-refractivity contribution < 1.29 is 38.0 Å². The van der Waals surface area contributed by atoms with Crippen molar-refractivity contribution in [2.24, 2.45) is 0 Å². The van der Waals surface area contributed by atoms with Gasteiger partial charge < -0.3 is 28.4 Å². The maximum absolute atomic E-state index is 12.8. The van der Waals surface area contributed by atoms with Gasteiger partial charge in [-0.3, -0.25) is 0 Å². The lowest BCUT2D eigenvalue weighted by atomic mass is 10.0. The van der Waals surface area contributed by atoms with Crippen LogP contribution in [0.4, 0.5) is 0 Å². The first-order chi connectivity index (χ1) is 20.7. The predicted octanol–water partition coefficient (Wildman–Crippen LogP) is 5.67. The van der Waals surface area contributed by atoms with E-state index in [4.69, 9.17) is 28.4 Å². The van der Waals surface area contributed by atoms with E-state index in [1.54, 1.807) is 48.5 Å². The van der Waals surface area contributed by atoms with Crippen LogP contribution in [0.3, 0.4) is 0 Å². The molecule has 214 valence electrons. The van der Waals surface area contributed by atoms with E-state index < -0.39 is 48.9 Å². The van der Waals surface area contributed by atoms with Crippen LogP contribution in [0.2, 0.25) is 0 Å². The van der Waals surface area contributed by atoms with Crippen molar-refractivity contribution in [2.75, 3.05) is 13.2 Å². The quantitative estimate of drug-likeness (QED) is 0.240. The zero-order chi connectivity index (χ0) is 28.7. The summed E-state index contributed by atoms with van der Waals surface area (Å²) in [5.74, 6) is -0.944. The van der Waals surface area contributed by atoms with Crippen molar-refractivity contribution in [3.05, 3.63) is 144 Å². The lowest BCUT2D eigenvalue weighted by Gasteiger charge is -2.25. The fourth-order valence-corrected chi connectivity index (χ4v) is 5.01. The van der Waals surface area contributed by atoms with E-state index >= 15 is 0 Å². The van der Waals surface area contributed by atoms with Gasteiger partial charge in [0.15, 0.2) is 12.6 Å². The summed E-state index contributed by atoms with van der Waals surface area (Å²) in [7, 11) is 0. The highest BCUT2D eigenvalue weighted by Gasteiger charge is 2.51. The molecule has 0 saturated carbocycles. The number of rotatable bonds is 9. The summed E-state index contributed by atoms with van der Waals surface area (Å²) in [5.41, 5.74) is 2.49. The summed E-state index contributed by atoms with van der Waals surface area (Å²) in [4.78, 5) is 25.5. The third-order valence-corrected chi connectivity index (χ3v) is 7.13. The van der Waals surface area contributed by atoms with Gasteiger partial charge in [0.25, 0.3) is 0 Å². The van der Waals surface area contributed by atoms with Gasteiger partial charge in [0.2, 0.25) is 0 Å². The average molecular weight is 567 g/mol. The summed E-state index contributed by atoms with van der Waals surface area (Å²) < 4.78 is 36.8. The van der Waals surface area contributed by atoms with Gasteiger partial charge in [-0.05, 0) is 24.3 Å². The molecule has 8 heteroatoms. The van der Waals surface area contributed by atoms with Crippen molar-refractivity contribution >= 4 is 11.9 Å². The van der Waals surface area contributed by atoms with E-state index in [0.29, 0.717) is 11.1 Å². The van der Waals surface area contributed by atoms with Crippen LogP contribution in [0.1, 0.15) is 44.4 Å². The molecule has 6 rings (SSSR count). The Labute approximate surface area is 243 Å². The van der Waals surface area contributed by atoms with Crippen LogP contribution in [-0.2, 0) is 28.4 Å². The Morgan fingerprint density at radius 2 is 0.810 bits per heavy atom. The highest BCUT2D eigenvalue weighted by atomic mass is 16.8. The molecule has 2 unspecified atom stereocenters. The largest absolute Gasteiger partial charge is 0.459 e. The molecule has 0 aliphatic carbocycles. The summed E-state index contributed by atoms with van der Waals surface area (Å²) in [6.07, 6.45) is -4.20. The third kappa shape index (κ3) is 6.42. The topological polar surface area (TPSA) is 89.5 Å². The minimum atomic E-state index is -0.719. The molecule has 0 amide bonds. The molecule has 42 heavy (non-hydrogen) atoms. The molecular formula is C34H30O8. The number of hydrogen-bond donors (Lipinski definition) is 0. The Hall–Kier alpha value is -4.34. The molecule has 2 aliphatic heterocycles. The van der Waals surface area contributed by atoms with Gasteiger partial charge in [0.1, 0.15) is 37.6 Å². The van der Waals surface area contributed by atoms with Crippen LogP contribution in [0.5, 0.6) is 0 Å². The smallest absolute Gasteiger partial charge is 0.338 e. The molecule has 8 nitrogen and oxygen atoms in total. The van der Waals surface area contributed by atoms with Crippen LogP contribution in [0.15, 0.2) is 121 Å². The molecule has 0 radical (unpaired) electrons. The zero-order valence-electron chi connectivity index (χ0n) is 22.7. The van der Waals surface area contributed by atoms with Gasteiger partial charge in [-0.2, -0.15) is 0 Å². The lowest BCUT2D eigenvalue weighted by Crippen LogP contribution is -2.45. The van der Waals surface area contributed by atoms with Gasteiger partial charge in [-0.1, -0.05) is 97.1 Å². The number of esters is 2. The number of benzene rings is 4. The standard InChI is InChI=1S/C34H30O8/c35-31(23-13-5-1-6-14-23)37-21-27-29(41-33(39-27)25-17-9-3-10-18-25)30-28(22-38-32(36)24-15-7-2-8-16-24)40-34(42-30)26-19-11-4-12-20-26/h1-20,27-30,33-34H,21-22H2/t27-,28+,29+,30-,33?,34?. The van der Waals surface area contributed by atoms with Gasteiger partial charge in [-0.25, -0.2) is 9.59 Å². The fraction of sp³-hybridized carbons (Fsp3) is 0.235. The number of carbonyl (C=O) groups is 2. The van der Waals surface area contributed by atoms with Crippen LogP contribution in [0, 0.1) is 0 Å². The van der Waals surface area contributed by atoms with E-state index in [1.165, 1.54) is 0 Å². The van der Waals surface area contributed by atoms with E-state index in [1.807, 2.05) is 72.8 Å². The molecule has 6 atom stereocenters. The van der Waals surface area contributed by atoms with E-state index in [0.717, 1.165) is 11.1 Å². The van der Waals surface area contributed by atoms with Crippen molar-refractivity contribution in [3.63, 3.8) is 0 Å². The SMILES string of the molecule is O=C(OC[C@@H]1OC(c2ccccc2)O[C@H]1[C@H]1OC(c2ccccc2)O[C@@H]1COC(=O)c1ccccc1)c1ccccc1. The van der Waals surface area contributed by atoms with Crippen LogP contribution < -0.4 is 0 Å². The minimum Gasteiger partial charge on any atom is -0.459 e. The Morgan fingerprint density at radius 3 is 1.17 bits per heavy atom. The Bertz CT molecular complexity index is 1340. The van der Waals surface area contributed by atoms with E-state index in [9.17, 15) is 9.59 Å². The zero-order valence-corrected chi connectivity index (χ0v) is 22.7. The summed E-state index contributed by atoms with van der Waals surface area (Å²) in [5, 5.41) is 0. The van der Waals surface area contributed by atoms with Gasteiger partial charge >= 0.3 is 11.9 Å². The molecular weight excluding hydrogens is 536 g/mol. The molecule has 4 aromatic carbocycles. The first kappa shape index (κ1) is 27.8. The second-order valence-electron chi connectivity index (χ2n) is 9.96. The van der Waals surface area contributed by atoms with Gasteiger partial charge in [0.05, 0.1) is 11.1 Å². The Morgan fingerprint density at radius 1 is 0.476 bits per heavy atom. The van der Waals surface area contributed by atoms with Crippen molar-refractivity contribution in [3.8, 4) is 0 Å². The van der Waals surface area contributed by atoms with E-state index in [2.05, 4.69) is 0 Å². The molecule has 2 fully saturated rings. The van der Waals surface area contributed by atoms with Gasteiger partial charge in [-0.15, -0.1) is 0 Å². The number of ether oxygens (including phenoxy) is 6.